The van der Waals surface area contributed by atoms with Crippen molar-refractivity contribution >= 4 is 26.0 Å². The minimum Gasteiger partial charge on any atom is -0.493 e. The Bertz CT molecular complexity index is 764. The molecule has 4 nitrogen and oxygen atoms in total. The van der Waals surface area contributed by atoms with Gasteiger partial charge in [0.05, 0.1) is 11.1 Å². The van der Waals surface area contributed by atoms with E-state index in [4.69, 9.17) is 8.92 Å². The van der Waals surface area contributed by atoms with Crippen molar-refractivity contribution < 1.29 is 17.3 Å². The summed E-state index contributed by atoms with van der Waals surface area (Å²) in [6.07, 6.45) is 0. The van der Waals surface area contributed by atoms with Crippen molar-refractivity contribution in [3.63, 3.8) is 0 Å². The Morgan fingerprint density at radius 3 is 2.27 bits per heavy atom. The summed E-state index contributed by atoms with van der Waals surface area (Å²) < 4.78 is 36.1. The normalized spacial score (nSPS) is 11.3. The van der Waals surface area contributed by atoms with Crippen LogP contribution in [-0.2, 0) is 10.1 Å². The topological polar surface area (TPSA) is 52.6 Å². The Balaban J connectivity index is 2.36. The lowest BCUT2D eigenvalue weighted by atomic mass is 10.1. The van der Waals surface area contributed by atoms with Crippen LogP contribution in [0.15, 0.2) is 45.8 Å². The van der Waals surface area contributed by atoms with Crippen molar-refractivity contribution in [2.24, 2.45) is 0 Å². The minimum atomic E-state index is -3.91. The van der Waals surface area contributed by atoms with Crippen molar-refractivity contribution in [3.8, 4) is 11.5 Å². The van der Waals surface area contributed by atoms with Gasteiger partial charge in [0.25, 0.3) is 0 Å². The summed E-state index contributed by atoms with van der Waals surface area (Å²) in [5.41, 5.74) is 1.88. The summed E-state index contributed by atoms with van der Waals surface area (Å²) in [6, 6.07) is 9.88. The molecular weight excluding hydrogens is 368 g/mol. The lowest BCUT2D eigenvalue weighted by Gasteiger charge is -2.11. The number of aryl methyl sites for hydroxylation is 2. The first-order valence-electron chi connectivity index (χ1n) is 6.77. The van der Waals surface area contributed by atoms with E-state index in [1.54, 1.807) is 18.2 Å². The van der Waals surface area contributed by atoms with Crippen LogP contribution in [0.2, 0.25) is 0 Å². The van der Waals surface area contributed by atoms with Gasteiger partial charge in [-0.3, -0.25) is 0 Å². The van der Waals surface area contributed by atoms with Crippen molar-refractivity contribution in [1.29, 1.82) is 0 Å². The number of hydrogen-bond acceptors (Lipinski definition) is 4. The molecule has 0 bridgehead atoms. The van der Waals surface area contributed by atoms with Gasteiger partial charge in [0.2, 0.25) is 0 Å². The van der Waals surface area contributed by atoms with Crippen molar-refractivity contribution in [2.45, 2.75) is 25.7 Å². The Labute approximate surface area is 139 Å². The zero-order chi connectivity index (χ0) is 16.3. The van der Waals surface area contributed by atoms with Gasteiger partial charge >= 0.3 is 10.1 Å². The fraction of sp³-hybridized carbons (Fsp3) is 0.250. The van der Waals surface area contributed by atoms with Gasteiger partial charge < -0.3 is 8.92 Å². The van der Waals surface area contributed by atoms with Crippen LogP contribution in [0.25, 0.3) is 0 Å². The van der Waals surface area contributed by atoms with Gasteiger partial charge in [-0.1, -0.05) is 6.07 Å². The van der Waals surface area contributed by atoms with Crippen molar-refractivity contribution in [1.82, 2.24) is 0 Å². The molecule has 0 atom stereocenters. The van der Waals surface area contributed by atoms with E-state index in [1.807, 2.05) is 26.8 Å². The Hall–Kier alpha value is -1.53. The van der Waals surface area contributed by atoms with Gasteiger partial charge in [0.15, 0.2) is 0 Å². The molecule has 2 rings (SSSR count). The molecule has 118 valence electrons. The molecule has 22 heavy (non-hydrogen) atoms. The zero-order valence-corrected chi connectivity index (χ0v) is 15.0. The molecule has 0 heterocycles. The SMILES string of the molecule is CCOc1cc(S(=O)(=O)Oc2cc(C)cc(C)c2)ccc1Br. The summed E-state index contributed by atoms with van der Waals surface area (Å²) in [5.74, 6) is 0.769. The Kier molecular flexibility index (Phi) is 5.13. The molecule has 0 aromatic heterocycles. The maximum Gasteiger partial charge on any atom is 0.339 e. The first kappa shape index (κ1) is 16.8. The largest absolute Gasteiger partial charge is 0.493 e. The van der Waals surface area contributed by atoms with Crippen molar-refractivity contribution in [3.05, 3.63) is 52.0 Å². The maximum atomic E-state index is 12.4. The van der Waals surface area contributed by atoms with Gasteiger partial charge in [-0.05, 0) is 72.1 Å². The molecule has 0 N–H and O–H groups in total. The molecule has 0 saturated heterocycles. The van der Waals surface area contributed by atoms with E-state index < -0.39 is 10.1 Å². The standard InChI is InChI=1S/C16H17BrO4S/c1-4-20-16-10-14(5-6-15(16)17)22(18,19)21-13-8-11(2)7-12(3)9-13/h5-10H,4H2,1-3H3. The van der Waals surface area contributed by atoms with Crippen molar-refractivity contribution in [2.75, 3.05) is 6.61 Å². The third-order valence-corrected chi connectivity index (χ3v) is 4.79. The van der Waals surface area contributed by atoms with E-state index in [0.29, 0.717) is 22.6 Å². The highest BCUT2D eigenvalue weighted by Crippen LogP contribution is 2.29. The van der Waals surface area contributed by atoms with E-state index >= 15 is 0 Å². The van der Waals surface area contributed by atoms with Crippen LogP contribution in [0.1, 0.15) is 18.1 Å². The molecule has 2 aromatic carbocycles. The average molecular weight is 385 g/mol. The second-order valence-corrected chi connectivity index (χ2v) is 7.29. The summed E-state index contributed by atoms with van der Waals surface area (Å²) in [4.78, 5) is 0.0540. The highest BCUT2D eigenvalue weighted by Gasteiger charge is 2.19. The van der Waals surface area contributed by atoms with Crippen LogP contribution in [0.5, 0.6) is 11.5 Å². The molecule has 0 aliphatic heterocycles. The monoisotopic (exact) mass is 384 g/mol. The lowest BCUT2D eigenvalue weighted by molar-refractivity contribution is 0.337. The van der Waals surface area contributed by atoms with E-state index in [0.717, 1.165) is 11.1 Å². The van der Waals surface area contributed by atoms with Crippen LogP contribution >= 0.6 is 15.9 Å². The summed E-state index contributed by atoms with van der Waals surface area (Å²) in [6.45, 7) is 6.05. The smallest absolute Gasteiger partial charge is 0.339 e. The third kappa shape index (κ3) is 4.01. The molecule has 0 unspecified atom stereocenters. The average Bonchev–Trinajstić information content (AvgIpc) is 2.39. The first-order chi connectivity index (χ1) is 10.3. The van der Waals surface area contributed by atoms with Gasteiger partial charge in [-0.15, -0.1) is 0 Å². The number of rotatable bonds is 5. The Morgan fingerprint density at radius 2 is 1.68 bits per heavy atom. The van der Waals surface area contributed by atoms with Gasteiger partial charge in [-0.25, -0.2) is 0 Å². The molecule has 0 aliphatic carbocycles. The predicted molar refractivity (Wildman–Crippen MR) is 89.0 cm³/mol. The van der Waals surface area contributed by atoms with E-state index in [2.05, 4.69) is 15.9 Å². The molecule has 2 aromatic rings. The molecule has 0 fully saturated rings. The van der Waals surface area contributed by atoms with Crippen LogP contribution in [0.3, 0.4) is 0 Å². The second-order valence-electron chi connectivity index (χ2n) is 4.89. The number of halogens is 1. The molecule has 0 saturated carbocycles. The lowest BCUT2D eigenvalue weighted by Crippen LogP contribution is -2.10. The maximum absolute atomic E-state index is 12.4. The minimum absolute atomic E-state index is 0.0540. The molecule has 0 spiro atoms. The fourth-order valence-electron chi connectivity index (χ4n) is 2.06. The summed E-state index contributed by atoms with van der Waals surface area (Å²) in [7, 11) is -3.91. The summed E-state index contributed by atoms with van der Waals surface area (Å²) >= 11 is 3.32. The zero-order valence-electron chi connectivity index (χ0n) is 12.6. The molecular formula is C16H17BrO4S. The molecule has 0 amide bonds. The second kappa shape index (κ2) is 6.71. The highest BCUT2D eigenvalue weighted by molar-refractivity contribution is 9.10. The van der Waals surface area contributed by atoms with E-state index in [9.17, 15) is 8.42 Å². The molecule has 6 heteroatoms. The molecule has 0 aliphatic rings. The number of benzene rings is 2. The predicted octanol–water partition coefficient (Wildman–Crippen LogP) is 4.23. The van der Waals surface area contributed by atoms with Gasteiger partial charge in [-0.2, -0.15) is 8.42 Å². The van der Waals surface area contributed by atoms with Gasteiger partial charge in [0, 0.05) is 6.07 Å². The van der Waals surface area contributed by atoms with Crippen LogP contribution in [0, 0.1) is 13.8 Å². The number of ether oxygens (including phenoxy) is 1. The number of hydrogen-bond donors (Lipinski definition) is 0. The van der Waals surface area contributed by atoms with Crippen LogP contribution < -0.4 is 8.92 Å². The van der Waals surface area contributed by atoms with Crippen LogP contribution in [-0.4, -0.2) is 15.0 Å². The van der Waals surface area contributed by atoms with Gasteiger partial charge in [0.1, 0.15) is 16.4 Å². The first-order valence-corrected chi connectivity index (χ1v) is 8.97. The molecule has 0 radical (unpaired) electrons. The quantitative estimate of drug-likeness (QED) is 0.723. The van der Waals surface area contributed by atoms with E-state index in [1.165, 1.54) is 12.1 Å². The Morgan fingerprint density at radius 1 is 1.05 bits per heavy atom. The fourth-order valence-corrected chi connectivity index (χ4v) is 3.35. The summed E-state index contributed by atoms with van der Waals surface area (Å²) in [5, 5.41) is 0. The van der Waals surface area contributed by atoms with Crippen LogP contribution in [0.4, 0.5) is 0 Å². The highest BCUT2D eigenvalue weighted by atomic mass is 79.9. The third-order valence-electron chi connectivity index (χ3n) is 2.89. The van der Waals surface area contributed by atoms with E-state index in [-0.39, 0.29) is 4.90 Å².